The Balaban J connectivity index is 1.34. The molecule has 1 aliphatic rings. The summed E-state index contributed by atoms with van der Waals surface area (Å²) in [6, 6.07) is 12.2. The van der Waals surface area contributed by atoms with Crippen molar-refractivity contribution in [3.63, 3.8) is 0 Å². The molecule has 2 aromatic carbocycles. The number of ether oxygens (including phenoxy) is 2. The highest BCUT2D eigenvalue weighted by Crippen LogP contribution is 2.29. The number of piperidine rings is 1. The van der Waals surface area contributed by atoms with Crippen LogP contribution in [0.1, 0.15) is 83.7 Å². The van der Waals surface area contributed by atoms with Crippen molar-refractivity contribution in [2.45, 2.75) is 90.3 Å². The van der Waals surface area contributed by atoms with Crippen molar-refractivity contribution in [3.8, 4) is 5.75 Å². The lowest BCUT2D eigenvalue weighted by atomic mass is 10.0. The Morgan fingerprint density at radius 1 is 0.953 bits per heavy atom. The van der Waals surface area contributed by atoms with Crippen molar-refractivity contribution in [1.29, 1.82) is 0 Å². The molecule has 43 heavy (non-hydrogen) atoms. The predicted octanol–water partition coefficient (Wildman–Crippen LogP) is 5.33. The molecule has 4 rings (SSSR count). The third-order valence-electron chi connectivity index (χ3n) is 7.69. The third-order valence-corrected chi connectivity index (χ3v) is 7.69. The zero-order valence-electron chi connectivity index (χ0n) is 26.0. The second kappa shape index (κ2) is 13.9. The number of imidazole rings is 1. The summed E-state index contributed by atoms with van der Waals surface area (Å²) in [5.41, 5.74) is 2.38. The van der Waals surface area contributed by atoms with Gasteiger partial charge in [-0.3, -0.25) is 28.4 Å². The van der Waals surface area contributed by atoms with Gasteiger partial charge in [-0.2, -0.15) is 0 Å². The molecule has 0 bridgehead atoms. The van der Waals surface area contributed by atoms with Crippen LogP contribution in [0.25, 0.3) is 11.0 Å². The van der Waals surface area contributed by atoms with Gasteiger partial charge < -0.3 is 14.8 Å². The number of hydrogen-bond donors (Lipinski definition) is 1. The highest BCUT2D eigenvalue weighted by Gasteiger charge is 2.37. The van der Waals surface area contributed by atoms with Crippen LogP contribution in [-0.4, -0.2) is 51.1 Å². The van der Waals surface area contributed by atoms with E-state index in [0.29, 0.717) is 17.7 Å². The molecule has 1 aromatic heterocycles. The maximum Gasteiger partial charge on any atom is 0.329 e. The average molecular weight is 593 g/mol. The molecule has 0 aliphatic carbocycles. The number of likely N-dealkylation sites (tertiary alicyclic amines) is 1. The largest absolute Gasteiger partial charge is 0.497 e. The van der Waals surface area contributed by atoms with Gasteiger partial charge in [0.1, 0.15) is 17.4 Å². The first-order chi connectivity index (χ1) is 20.5. The van der Waals surface area contributed by atoms with Gasteiger partial charge in [0.05, 0.1) is 24.7 Å². The average Bonchev–Trinajstić information content (AvgIpc) is 3.21. The summed E-state index contributed by atoms with van der Waals surface area (Å²) in [6.07, 6.45) is 5.84. The minimum atomic E-state index is -0.749. The Bertz CT molecular complexity index is 1500. The molecule has 2 heterocycles. The van der Waals surface area contributed by atoms with Gasteiger partial charge in [0.2, 0.25) is 5.91 Å². The lowest BCUT2D eigenvalue weighted by molar-refractivity contribution is -0.155. The number of benzene rings is 2. The number of esters is 1. The lowest BCUT2D eigenvalue weighted by Crippen LogP contribution is -2.47. The van der Waals surface area contributed by atoms with Crippen molar-refractivity contribution < 1.29 is 23.9 Å². The Labute approximate surface area is 252 Å². The number of carbonyl (C=O) groups is 3. The highest BCUT2D eigenvalue weighted by molar-refractivity contribution is 6.00. The van der Waals surface area contributed by atoms with E-state index in [4.69, 9.17) is 9.47 Å². The normalized spacial score (nSPS) is 15.7. The first-order valence-electron chi connectivity index (χ1n) is 15.1. The van der Waals surface area contributed by atoms with E-state index in [1.54, 1.807) is 30.9 Å². The fourth-order valence-corrected chi connectivity index (χ4v) is 5.47. The molecule has 2 amide bonds. The number of methoxy groups -OCH3 is 1. The maximum atomic E-state index is 13.6. The van der Waals surface area contributed by atoms with E-state index >= 15 is 0 Å². The minimum Gasteiger partial charge on any atom is -0.497 e. The number of rotatable bonds is 13. The summed E-state index contributed by atoms with van der Waals surface area (Å²) in [5, 5.41) is 3.44. The quantitative estimate of drug-likeness (QED) is 0.162. The number of aromatic nitrogens is 2. The zero-order valence-corrected chi connectivity index (χ0v) is 26.0. The molecule has 1 fully saturated rings. The summed E-state index contributed by atoms with van der Waals surface area (Å²) >= 11 is 0. The first-order valence-corrected chi connectivity index (χ1v) is 15.1. The molecule has 0 saturated carbocycles. The molecule has 1 saturated heterocycles. The molecule has 1 unspecified atom stereocenters. The summed E-state index contributed by atoms with van der Waals surface area (Å²) < 4.78 is 13.6. The van der Waals surface area contributed by atoms with E-state index in [-0.39, 0.29) is 42.9 Å². The summed E-state index contributed by atoms with van der Waals surface area (Å²) in [6.45, 7) is 6.57. The van der Waals surface area contributed by atoms with Gasteiger partial charge in [-0.05, 0) is 75.9 Å². The fraction of sp³-hybridized carbons (Fsp3) is 0.515. The monoisotopic (exact) mass is 592 g/mol. The third kappa shape index (κ3) is 8.06. The molecule has 0 spiro atoms. The molecule has 0 radical (unpaired) electrons. The lowest BCUT2D eigenvalue weighted by Gasteiger charge is -2.31. The number of amides is 2. The van der Waals surface area contributed by atoms with Crippen LogP contribution in [0.4, 0.5) is 5.69 Å². The van der Waals surface area contributed by atoms with E-state index in [2.05, 4.69) is 5.32 Å². The molecule has 1 atom stereocenters. The minimum absolute atomic E-state index is 0.139. The van der Waals surface area contributed by atoms with Crippen molar-refractivity contribution in [1.82, 2.24) is 14.0 Å². The van der Waals surface area contributed by atoms with E-state index in [9.17, 15) is 19.2 Å². The van der Waals surface area contributed by atoms with Gasteiger partial charge >= 0.3 is 11.7 Å². The van der Waals surface area contributed by atoms with Crippen molar-refractivity contribution >= 4 is 34.5 Å². The number of imide groups is 1. The van der Waals surface area contributed by atoms with Gasteiger partial charge in [-0.1, -0.05) is 31.4 Å². The van der Waals surface area contributed by atoms with Gasteiger partial charge in [0.25, 0.3) is 5.91 Å². The van der Waals surface area contributed by atoms with Crippen molar-refractivity contribution in [2.75, 3.05) is 19.0 Å². The Hall–Kier alpha value is -4.08. The summed E-state index contributed by atoms with van der Waals surface area (Å²) in [5.74, 6) is -0.0453. The number of hydrogen-bond acceptors (Lipinski definition) is 7. The summed E-state index contributed by atoms with van der Waals surface area (Å²) in [7, 11) is 3.29. The molecule has 232 valence electrons. The van der Waals surface area contributed by atoms with Crippen LogP contribution in [0.2, 0.25) is 0 Å². The van der Waals surface area contributed by atoms with Crippen LogP contribution in [0.5, 0.6) is 5.75 Å². The topological polar surface area (TPSA) is 112 Å². The van der Waals surface area contributed by atoms with E-state index in [0.717, 1.165) is 55.4 Å². The van der Waals surface area contributed by atoms with E-state index in [1.165, 1.54) is 9.47 Å². The molecule has 10 nitrogen and oxygen atoms in total. The maximum absolute atomic E-state index is 13.6. The van der Waals surface area contributed by atoms with E-state index < -0.39 is 11.6 Å². The number of nitrogens with one attached hydrogen (secondary N) is 1. The Morgan fingerprint density at radius 3 is 2.35 bits per heavy atom. The molecular weight excluding hydrogens is 548 g/mol. The summed E-state index contributed by atoms with van der Waals surface area (Å²) in [4.78, 5) is 52.7. The van der Waals surface area contributed by atoms with Crippen LogP contribution in [-0.2, 0) is 32.7 Å². The number of nitrogens with zero attached hydrogens (tertiary/aromatic N) is 3. The molecule has 1 N–H and O–H groups in total. The SMILES string of the molecule is COc1ccc(CN2C(=O)CCC(n3c(=O)n(C)c4cc(NCCCCCCCC(=O)OC(C)(C)C)ccc43)C2=O)cc1. The number of unbranched alkanes of at least 4 members (excludes halogenated alkanes) is 4. The number of anilines is 1. The van der Waals surface area contributed by atoms with Crippen molar-refractivity contribution in [3.05, 3.63) is 58.5 Å². The Morgan fingerprint density at radius 2 is 1.65 bits per heavy atom. The second-order valence-electron chi connectivity index (χ2n) is 12.2. The van der Waals surface area contributed by atoms with Crippen LogP contribution in [0.3, 0.4) is 0 Å². The molecule has 10 heteroatoms. The molecule has 1 aliphatic heterocycles. The van der Waals surface area contributed by atoms with Crippen LogP contribution < -0.4 is 15.7 Å². The van der Waals surface area contributed by atoms with Crippen LogP contribution in [0, 0.1) is 0 Å². The van der Waals surface area contributed by atoms with Gasteiger partial charge in [0, 0.05) is 32.1 Å². The second-order valence-corrected chi connectivity index (χ2v) is 12.2. The van der Waals surface area contributed by atoms with Crippen molar-refractivity contribution in [2.24, 2.45) is 7.05 Å². The number of fused-ring (bicyclic) bond motifs is 1. The number of carbonyl (C=O) groups excluding carboxylic acids is 3. The van der Waals surface area contributed by atoms with Gasteiger partial charge in [-0.25, -0.2) is 4.79 Å². The molecule has 3 aromatic rings. The van der Waals surface area contributed by atoms with Crippen LogP contribution in [0.15, 0.2) is 47.3 Å². The van der Waals surface area contributed by atoms with E-state index in [1.807, 2.05) is 51.1 Å². The molecular formula is C33H44N4O6. The highest BCUT2D eigenvalue weighted by atomic mass is 16.6. The number of aryl methyl sites for hydroxylation is 1. The van der Waals surface area contributed by atoms with Crippen LogP contribution >= 0.6 is 0 Å². The zero-order chi connectivity index (χ0) is 31.1. The van der Waals surface area contributed by atoms with Gasteiger partial charge in [0.15, 0.2) is 0 Å². The predicted molar refractivity (Wildman–Crippen MR) is 166 cm³/mol. The Kier molecular flexibility index (Phi) is 10.3. The standard InChI is InChI=1S/C33H44N4O6/c1-33(2,3)43-30(39)11-9-7-6-8-10-20-34-24-14-17-26-28(21-24)35(4)32(41)37(26)27-18-19-29(38)36(31(27)40)22-23-12-15-25(42-5)16-13-23/h12-17,21,27,34H,6-11,18-20,22H2,1-5H3. The first kappa shape index (κ1) is 31.8. The smallest absolute Gasteiger partial charge is 0.329 e. The fourth-order valence-electron chi connectivity index (χ4n) is 5.47. The van der Waals surface area contributed by atoms with Gasteiger partial charge in [-0.15, -0.1) is 0 Å².